The van der Waals surface area contributed by atoms with Crippen LogP contribution < -0.4 is 5.32 Å². The molecule has 2 saturated heterocycles. The van der Waals surface area contributed by atoms with E-state index in [2.05, 4.69) is 29.2 Å². The van der Waals surface area contributed by atoms with Gasteiger partial charge in [0.15, 0.2) is 0 Å². The van der Waals surface area contributed by atoms with Gasteiger partial charge in [-0.1, -0.05) is 0 Å². The predicted molar refractivity (Wildman–Crippen MR) is 68.9 cm³/mol. The fourth-order valence-corrected chi connectivity index (χ4v) is 3.10. The first-order valence-electron chi connectivity index (χ1n) is 6.83. The molecule has 0 spiro atoms. The van der Waals surface area contributed by atoms with E-state index in [1.165, 1.54) is 0 Å². The molecule has 98 valence electrons. The van der Waals surface area contributed by atoms with Crippen molar-refractivity contribution < 1.29 is 4.79 Å². The van der Waals surface area contributed by atoms with Crippen molar-refractivity contribution in [1.29, 1.82) is 0 Å². The highest BCUT2D eigenvalue weighted by Crippen LogP contribution is 2.28. The molecule has 2 aliphatic rings. The maximum absolute atomic E-state index is 12.0. The van der Waals surface area contributed by atoms with Crippen LogP contribution in [0.5, 0.6) is 0 Å². The number of hydrogen-bond acceptors (Lipinski definition) is 3. The molecule has 2 rings (SSSR count). The zero-order valence-corrected chi connectivity index (χ0v) is 11.1. The number of piperidine rings is 2. The molecule has 0 bridgehead atoms. The van der Waals surface area contributed by atoms with Crippen LogP contribution in [0.3, 0.4) is 0 Å². The second kappa shape index (κ2) is 5.83. The number of rotatable bonds is 4. The second-order valence-electron chi connectivity index (χ2n) is 5.60. The van der Waals surface area contributed by atoms with Crippen molar-refractivity contribution in [2.24, 2.45) is 5.92 Å². The lowest BCUT2D eigenvalue weighted by atomic mass is 9.84. The zero-order chi connectivity index (χ0) is 12.3. The smallest absolute Gasteiger partial charge is 0.222 e. The molecule has 2 heterocycles. The maximum Gasteiger partial charge on any atom is 0.222 e. The van der Waals surface area contributed by atoms with E-state index in [1.54, 1.807) is 0 Å². The van der Waals surface area contributed by atoms with Gasteiger partial charge >= 0.3 is 0 Å². The van der Waals surface area contributed by atoms with Crippen molar-refractivity contribution in [2.45, 2.75) is 31.7 Å². The van der Waals surface area contributed by atoms with Gasteiger partial charge in [0, 0.05) is 19.0 Å². The van der Waals surface area contributed by atoms with Gasteiger partial charge in [-0.3, -0.25) is 4.79 Å². The summed E-state index contributed by atoms with van der Waals surface area (Å²) in [6.45, 7) is 4.18. The number of hydrogen-bond donors (Lipinski definition) is 1. The molecule has 4 nitrogen and oxygen atoms in total. The van der Waals surface area contributed by atoms with E-state index >= 15 is 0 Å². The van der Waals surface area contributed by atoms with Gasteiger partial charge in [0.05, 0.1) is 0 Å². The third-order valence-corrected chi connectivity index (χ3v) is 4.02. The van der Waals surface area contributed by atoms with Gasteiger partial charge in [0.25, 0.3) is 0 Å². The van der Waals surface area contributed by atoms with Crippen LogP contribution in [-0.2, 0) is 4.79 Å². The highest BCUT2D eigenvalue weighted by atomic mass is 16.2. The van der Waals surface area contributed by atoms with Crippen molar-refractivity contribution in [3.8, 4) is 0 Å². The summed E-state index contributed by atoms with van der Waals surface area (Å²) in [5.74, 6) is 1.08. The van der Waals surface area contributed by atoms with Crippen molar-refractivity contribution >= 4 is 5.91 Å². The molecule has 0 aromatic heterocycles. The molecule has 0 aromatic carbocycles. The summed E-state index contributed by atoms with van der Waals surface area (Å²) in [6, 6.07) is 0.514. The Kier molecular flexibility index (Phi) is 4.40. The Bertz CT molecular complexity index is 267. The molecule has 1 amide bonds. The number of nitrogens with zero attached hydrogens (tertiary/aromatic N) is 2. The van der Waals surface area contributed by atoms with Gasteiger partial charge in [-0.15, -0.1) is 0 Å². The molecule has 2 atom stereocenters. The van der Waals surface area contributed by atoms with Crippen LogP contribution in [0, 0.1) is 5.92 Å². The van der Waals surface area contributed by atoms with Crippen LogP contribution in [0.2, 0.25) is 0 Å². The van der Waals surface area contributed by atoms with Crippen LogP contribution in [0.15, 0.2) is 0 Å². The summed E-state index contributed by atoms with van der Waals surface area (Å²) in [4.78, 5) is 16.4. The fourth-order valence-electron chi connectivity index (χ4n) is 3.10. The van der Waals surface area contributed by atoms with E-state index in [0.717, 1.165) is 51.9 Å². The number of nitrogens with one attached hydrogen (secondary N) is 1. The first kappa shape index (κ1) is 12.8. The Balaban J connectivity index is 1.89. The molecule has 0 aliphatic carbocycles. The average molecular weight is 239 g/mol. The Morgan fingerprint density at radius 2 is 2.24 bits per heavy atom. The van der Waals surface area contributed by atoms with Gasteiger partial charge in [0.2, 0.25) is 5.91 Å². The van der Waals surface area contributed by atoms with Crippen molar-refractivity contribution in [3.05, 3.63) is 0 Å². The third-order valence-electron chi connectivity index (χ3n) is 4.02. The first-order valence-corrected chi connectivity index (χ1v) is 6.83. The summed E-state index contributed by atoms with van der Waals surface area (Å²) >= 11 is 0. The lowest BCUT2D eigenvalue weighted by Crippen LogP contribution is -2.55. The topological polar surface area (TPSA) is 35.6 Å². The number of carbonyl (C=O) groups excluding carboxylic acids is 1. The molecule has 0 saturated carbocycles. The number of fused-ring (bicyclic) bond motifs is 1. The standard InChI is InChI=1S/C13H25N3O/c1-15(2)8-3-9-16-12-6-7-14-10-11(12)4-5-13(16)17/h11-12,14H,3-10H2,1-2H3/t11-,12+/m0/s1. The first-order chi connectivity index (χ1) is 8.18. The van der Waals surface area contributed by atoms with Gasteiger partial charge < -0.3 is 15.1 Å². The van der Waals surface area contributed by atoms with E-state index in [1.807, 2.05) is 0 Å². The van der Waals surface area contributed by atoms with Crippen LogP contribution in [0.25, 0.3) is 0 Å². The molecule has 4 heteroatoms. The van der Waals surface area contributed by atoms with E-state index < -0.39 is 0 Å². The SMILES string of the molecule is CN(C)CCCN1C(=O)CC[C@H]2CNCC[C@H]21. The molecule has 17 heavy (non-hydrogen) atoms. The summed E-state index contributed by atoms with van der Waals surface area (Å²) < 4.78 is 0. The zero-order valence-electron chi connectivity index (χ0n) is 11.1. The molecular formula is C13H25N3O. The van der Waals surface area contributed by atoms with Crippen LogP contribution in [0.4, 0.5) is 0 Å². The number of likely N-dealkylation sites (tertiary alicyclic amines) is 1. The summed E-state index contributed by atoms with van der Waals surface area (Å²) in [7, 11) is 4.18. The lowest BCUT2D eigenvalue weighted by molar-refractivity contribution is -0.139. The highest BCUT2D eigenvalue weighted by molar-refractivity contribution is 5.77. The van der Waals surface area contributed by atoms with Gasteiger partial charge in [0.1, 0.15) is 0 Å². The van der Waals surface area contributed by atoms with Gasteiger partial charge in [-0.2, -0.15) is 0 Å². The van der Waals surface area contributed by atoms with Crippen molar-refractivity contribution in [3.63, 3.8) is 0 Å². The monoisotopic (exact) mass is 239 g/mol. The summed E-state index contributed by atoms with van der Waals surface area (Å²) in [5, 5.41) is 3.45. The lowest BCUT2D eigenvalue weighted by Gasteiger charge is -2.44. The number of carbonyl (C=O) groups is 1. The van der Waals surface area contributed by atoms with Crippen LogP contribution in [0.1, 0.15) is 25.7 Å². The van der Waals surface area contributed by atoms with Crippen molar-refractivity contribution in [2.75, 3.05) is 40.3 Å². The maximum atomic E-state index is 12.0. The predicted octanol–water partition coefficient (Wildman–Crippen LogP) is 0.539. The average Bonchev–Trinajstić information content (AvgIpc) is 2.32. The van der Waals surface area contributed by atoms with Crippen LogP contribution in [-0.4, -0.2) is 62.0 Å². The van der Waals surface area contributed by atoms with E-state index in [9.17, 15) is 4.79 Å². The minimum atomic E-state index is 0.381. The minimum absolute atomic E-state index is 0.381. The van der Waals surface area contributed by atoms with E-state index in [-0.39, 0.29) is 0 Å². The Hall–Kier alpha value is -0.610. The van der Waals surface area contributed by atoms with Crippen molar-refractivity contribution in [1.82, 2.24) is 15.1 Å². The largest absolute Gasteiger partial charge is 0.339 e. The Morgan fingerprint density at radius 1 is 1.41 bits per heavy atom. The van der Waals surface area contributed by atoms with Gasteiger partial charge in [-0.05, 0) is 58.9 Å². The van der Waals surface area contributed by atoms with Gasteiger partial charge in [-0.25, -0.2) is 0 Å². The normalized spacial score (nSPS) is 29.6. The quantitative estimate of drug-likeness (QED) is 0.778. The molecular weight excluding hydrogens is 214 g/mol. The Morgan fingerprint density at radius 3 is 3.00 bits per heavy atom. The fraction of sp³-hybridized carbons (Fsp3) is 0.923. The number of amides is 1. The minimum Gasteiger partial charge on any atom is -0.339 e. The molecule has 1 N–H and O–H groups in total. The molecule has 0 radical (unpaired) electrons. The summed E-state index contributed by atoms with van der Waals surface area (Å²) in [6.07, 6.45) is 4.07. The second-order valence-corrected chi connectivity index (χ2v) is 5.60. The Labute approximate surface area is 104 Å². The highest BCUT2D eigenvalue weighted by Gasteiger charge is 2.36. The molecule has 0 unspecified atom stereocenters. The molecule has 2 fully saturated rings. The molecule has 0 aromatic rings. The van der Waals surface area contributed by atoms with E-state index in [0.29, 0.717) is 17.9 Å². The summed E-state index contributed by atoms with van der Waals surface area (Å²) in [5.41, 5.74) is 0. The molecule has 2 aliphatic heterocycles. The van der Waals surface area contributed by atoms with Crippen LogP contribution >= 0.6 is 0 Å². The van der Waals surface area contributed by atoms with E-state index in [4.69, 9.17) is 0 Å². The third kappa shape index (κ3) is 3.19.